The molecule has 2 aromatic heterocycles. The van der Waals surface area contributed by atoms with Crippen LogP contribution in [-0.4, -0.2) is 19.7 Å². The van der Waals surface area contributed by atoms with Crippen LogP contribution in [0.15, 0.2) is 42.6 Å². The molecule has 0 fully saturated rings. The number of nitrogens with two attached hydrogens (primary N) is 1. The Kier molecular flexibility index (Phi) is 2.95. The highest BCUT2D eigenvalue weighted by Crippen LogP contribution is 2.26. The number of anilines is 1. The molecule has 0 atom stereocenters. The zero-order valence-corrected chi connectivity index (χ0v) is 11.4. The molecular weight excluding hydrogens is 250 g/mol. The zero-order valence-electron chi connectivity index (χ0n) is 11.4. The van der Waals surface area contributed by atoms with E-state index >= 15 is 0 Å². The zero-order chi connectivity index (χ0) is 14.1. The van der Waals surface area contributed by atoms with Gasteiger partial charge in [0.05, 0.1) is 22.6 Å². The molecule has 0 saturated heterocycles. The third kappa shape index (κ3) is 2.03. The van der Waals surface area contributed by atoms with Gasteiger partial charge in [-0.2, -0.15) is 5.10 Å². The lowest BCUT2D eigenvalue weighted by atomic mass is 10.2. The first-order chi connectivity index (χ1) is 9.66. The fraction of sp³-hybridized carbons (Fsp3) is 0.133. The topological polar surface area (TPSA) is 69.6 Å². The summed E-state index contributed by atoms with van der Waals surface area (Å²) < 4.78 is 1.90. The van der Waals surface area contributed by atoms with Gasteiger partial charge in [0.15, 0.2) is 5.82 Å². The Morgan fingerprint density at radius 1 is 1.05 bits per heavy atom. The molecule has 0 radical (unpaired) electrons. The minimum absolute atomic E-state index is 0.460. The second-order valence-corrected chi connectivity index (χ2v) is 4.60. The Balaban J connectivity index is 2.17. The Hall–Kier alpha value is -2.69. The van der Waals surface area contributed by atoms with Gasteiger partial charge in [-0.3, -0.25) is 0 Å². The van der Waals surface area contributed by atoms with Gasteiger partial charge in [-0.15, -0.1) is 0 Å². The van der Waals surface area contributed by atoms with E-state index in [4.69, 9.17) is 5.73 Å². The van der Waals surface area contributed by atoms with Crippen LogP contribution >= 0.6 is 0 Å². The van der Waals surface area contributed by atoms with Crippen LogP contribution in [0.2, 0.25) is 0 Å². The largest absolute Gasteiger partial charge is 0.384 e. The normalized spacial score (nSPS) is 10.7. The molecule has 0 spiro atoms. The van der Waals surface area contributed by atoms with Crippen molar-refractivity contribution in [3.63, 3.8) is 0 Å². The monoisotopic (exact) mass is 265 g/mol. The molecule has 3 rings (SSSR count). The van der Waals surface area contributed by atoms with E-state index in [0.717, 1.165) is 22.6 Å². The first kappa shape index (κ1) is 12.3. The van der Waals surface area contributed by atoms with Crippen LogP contribution in [-0.2, 0) is 0 Å². The maximum Gasteiger partial charge on any atom is 0.165 e. The van der Waals surface area contributed by atoms with Gasteiger partial charge < -0.3 is 5.73 Å². The lowest BCUT2D eigenvalue weighted by Gasteiger charge is -2.05. The fourth-order valence-corrected chi connectivity index (χ4v) is 2.28. The third-order valence-corrected chi connectivity index (χ3v) is 3.19. The van der Waals surface area contributed by atoms with E-state index in [2.05, 4.69) is 15.1 Å². The predicted molar refractivity (Wildman–Crippen MR) is 78.5 cm³/mol. The highest BCUT2D eigenvalue weighted by molar-refractivity contribution is 5.63. The van der Waals surface area contributed by atoms with Gasteiger partial charge >= 0.3 is 0 Å². The minimum atomic E-state index is 0.460. The smallest absolute Gasteiger partial charge is 0.165 e. The van der Waals surface area contributed by atoms with Crippen molar-refractivity contribution in [2.24, 2.45) is 0 Å². The number of aryl methyl sites for hydroxylation is 1. The third-order valence-electron chi connectivity index (χ3n) is 3.19. The first-order valence-corrected chi connectivity index (χ1v) is 6.37. The van der Waals surface area contributed by atoms with Crippen LogP contribution in [0.25, 0.3) is 17.1 Å². The summed E-state index contributed by atoms with van der Waals surface area (Å²) in [6.07, 6.45) is 1.66. The second-order valence-electron chi connectivity index (χ2n) is 4.60. The SMILES string of the molecule is Cc1nn(-c2ccccc2)c(C)c1-c1nccc(N)n1. The van der Waals surface area contributed by atoms with Gasteiger partial charge in [0.1, 0.15) is 5.82 Å². The van der Waals surface area contributed by atoms with E-state index < -0.39 is 0 Å². The molecule has 0 unspecified atom stereocenters. The van der Waals surface area contributed by atoms with E-state index in [1.165, 1.54) is 0 Å². The van der Waals surface area contributed by atoms with Gasteiger partial charge in [0, 0.05) is 6.20 Å². The van der Waals surface area contributed by atoms with E-state index in [1.807, 2.05) is 48.9 Å². The maximum absolute atomic E-state index is 5.74. The van der Waals surface area contributed by atoms with Crippen molar-refractivity contribution in [2.75, 3.05) is 5.73 Å². The highest BCUT2D eigenvalue weighted by atomic mass is 15.3. The first-order valence-electron chi connectivity index (χ1n) is 6.37. The van der Waals surface area contributed by atoms with Gasteiger partial charge in [0.25, 0.3) is 0 Å². The van der Waals surface area contributed by atoms with Crippen LogP contribution in [0, 0.1) is 13.8 Å². The molecule has 2 heterocycles. The molecule has 5 heteroatoms. The summed E-state index contributed by atoms with van der Waals surface area (Å²) in [6, 6.07) is 11.7. The molecule has 0 saturated carbocycles. The fourth-order valence-electron chi connectivity index (χ4n) is 2.28. The molecule has 5 nitrogen and oxygen atoms in total. The van der Waals surface area contributed by atoms with Gasteiger partial charge in [-0.1, -0.05) is 18.2 Å². The number of hydrogen-bond donors (Lipinski definition) is 1. The molecule has 100 valence electrons. The van der Waals surface area contributed by atoms with Crippen molar-refractivity contribution < 1.29 is 0 Å². The molecule has 0 aliphatic rings. The summed E-state index contributed by atoms with van der Waals surface area (Å²) in [5, 5.41) is 4.58. The summed E-state index contributed by atoms with van der Waals surface area (Å²) in [5.41, 5.74) is 9.57. The minimum Gasteiger partial charge on any atom is -0.384 e. The average Bonchev–Trinajstić information content (AvgIpc) is 2.75. The molecule has 3 aromatic rings. The van der Waals surface area contributed by atoms with Crippen molar-refractivity contribution >= 4 is 5.82 Å². The van der Waals surface area contributed by atoms with Crippen LogP contribution in [0.5, 0.6) is 0 Å². The summed E-state index contributed by atoms with van der Waals surface area (Å²) in [7, 11) is 0. The van der Waals surface area contributed by atoms with Crippen LogP contribution in [0.4, 0.5) is 5.82 Å². The number of nitrogens with zero attached hydrogens (tertiary/aromatic N) is 4. The second kappa shape index (κ2) is 4.77. The number of rotatable bonds is 2. The van der Waals surface area contributed by atoms with Crippen molar-refractivity contribution in [1.82, 2.24) is 19.7 Å². The van der Waals surface area contributed by atoms with Crippen LogP contribution < -0.4 is 5.73 Å². The standard InChI is InChI=1S/C15H15N5/c1-10-14(15-17-9-8-13(16)18-15)11(2)20(19-10)12-6-4-3-5-7-12/h3-9H,1-2H3,(H2,16,17,18). The van der Waals surface area contributed by atoms with E-state index in [0.29, 0.717) is 11.6 Å². The van der Waals surface area contributed by atoms with Crippen LogP contribution in [0.3, 0.4) is 0 Å². The van der Waals surface area contributed by atoms with E-state index in [9.17, 15) is 0 Å². The summed E-state index contributed by atoms with van der Waals surface area (Å²) in [5.74, 6) is 1.07. The number of benzene rings is 1. The van der Waals surface area contributed by atoms with Gasteiger partial charge in [0.2, 0.25) is 0 Å². The van der Waals surface area contributed by atoms with Crippen molar-refractivity contribution in [3.05, 3.63) is 54.0 Å². The quantitative estimate of drug-likeness (QED) is 0.773. The summed E-state index contributed by atoms with van der Waals surface area (Å²) in [4.78, 5) is 8.58. The number of hydrogen-bond acceptors (Lipinski definition) is 4. The lowest BCUT2D eigenvalue weighted by molar-refractivity contribution is 0.833. The molecule has 20 heavy (non-hydrogen) atoms. The summed E-state index contributed by atoms with van der Waals surface area (Å²) >= 11 is 0. The molecule has 0 bridgehead atoms. The molecule has 2 N–H and O–H groups in total. The average molecular weight is 265 g/mol. The maximum atomic E-state index is 5.74. The Bertz CT molecular complexity index is 746. The van der Waals surface area contributed by atoms with E-state index in [-0.39, 0.29) is 0 Å². The molecule has 0 aliphatic heterocycles. The molecule has 0 aliphatic carbocycles. The molecule has 1 aromatic carbocycles. The Morgan fingerprint density at radius 3 is 2.50 bits per heavy atom. The Labute approximate surface area is 117 Å². The summed E-state index contributed by atoms with van der Waals surface area (Å²) in [6.45, 7) is 3.96. The van der Waals surface area contributed by atoms with Crippen LogP contribution in [0.1, 0.15) is 11.4 Å². The van der Waals surface area contributed by atoms with E-state index in [1.54, 1.807) is 12.3 Å². The van der Waals surface area contributed by atoms with Crippen molar-refractivity contribution in [3.8, 4) is 17.1 Å². The predicted octanol–water partition coefficient (Wildman–Crippen LogP) is 2.53. The number of para-hydroxylation sites is 1. The molecular formula is C15H15N5. The Morgan fingerprint density at radius 2 is 1.80 bits per heavy atom. The highest BCUT2D eigenvalue weighted by Gasteiger charge is 2.16. The van der Waals surface area contributed by atoms with Gasteiger partial charge in [-0.05, 0) is 32.0 Å². The van der Waals surface area contributed by atoms with Crippen molar-refractivity contribution in [1.29, 1.82) is 0 Å². The number of nitrogen functional groups attached to an aromatic ring is 1. The lowest BCUT2D eigenvalue weighted by Crippen LogP contribution is -1.99. The van der Waals surface area contributed by atoms with Crippen molar-refractivity contribution in [2.45, 2.75) is 13.8 Å². The molecule has 0 amide bonds. The van der Waals surface area contributed by atoms with Gasteiger partial charge in [-0.25, -0.2) is 14.6 Å². The number of aromatic nitrogens is 4.